The molecule has 0 heterocycles. The lowest BCUT2D eigenvalue weighted by atomic mass is 10.2. The van der Waals surface area contributed by atoms with Crippen LogP contribution in [0.5, 0.6) is 5.75 Å². The number of nitrogens with one attached hydrogen (secondary N) is 2. The summed E-state index contributed by atoms with van der Waals surface area (Å²) < 4.78 is 18.7. The van der Waals surface area contributed by atoms with E-state index in [-0.39, 0.29) is 46.1 Å². The Labute approximate surface area is 164 Å². The number of carbonyl (C=O) groups excluding carboxylic acids is 2. The van der Waals surface area contributed by atoms with Gasteiger partial charge in [-0.2, -0.15) is 0 Å². The largest absolute Gasteiger partial charge is 0.482 e. The average Bonchev–Trinajstić information content (AvgIpc) is 2.61. The first-order valence-electron chi connectivity index (χ1n) is 7.45. The zero-order valence-corrected chi connectivity index (χ0v) is 15.6. The van der Waals surface area contributed by atoms with E-state index in [9.17, 15) is 14.0 Å². The number of hydrogen-bond donors (Lipinski definition) is 2. The van der Waals surface area contributed by atoms with Crippen molar-refractivity contribution in [1.29, 1.82) is 0 Å². The molecule has 9 heteroatoms. The molecule has 0 saturated carbocycles. The third-order valence-electron chi connectivity index (χ3n) is 3.18. The fourth-order valence-electron chi connectivity index (χ4n) is 1.93. The van der Waals surface area contributed by atoms with Gasteiger partial charge < -0.3 is 15.4 Å². The van der Waals surface area contributed by atoms with Crippen LogP contribution in [0.4, 0.5) is 4.39 Å². The van der Waals surface area contributed by atoms with Crippen molar-refractivity contribution in [3.8, 4) is 5.75 Å². The Bertz CT molecular complexity index is 818. The zero-order chi connectivity index (χ0) is 19.1. The molecule has 2 aromatic rings. The lowest BCUT2D eigenvalue weighted by Crippen LogP contribution is -2.37. The van der Waals surface area contributed by atoms with Crippen molar-refractivity contribution in [3.05, 3.63) is 62.8 Å². The molecule has 2 rings (SSSR count). The highest BCUT2D eigenvalue weighted by molar-refractivity contribution is 6.43. The number of rotatable bonds is 7. The van der Waals surface area contributed by atoms with E-state index in [0.29, 0.717) is 0 Å². The Hall–Kier alpha value is -2.02. The van der Waals surface area contributed by atoms with E-state index in [0.717, 1.165) is 0 Å². The Morgan fingerprint density at radius 3 is 2.35 bits per heavy atom. The molecule has 0 fully saturated rings. The Balaban J connectivity index is 1.72. The highest BCUT2D eigenvalue weighted by Crippen LogP contribution is 2.33. The van der Waals surface area contributed by atoms with Gasteiger partial charge in [0.05, 0.1) is 20.6 Å². The highest BCUT2D eigenvalue weighted by Gasteiger charge is 2.11. The van der Waals surface area contributed by atoms with Gasteiger partial charge in [0.15, 0.2) is 6.61 Å². The van der Waals surface area contributed by atoms with Crippen LogP contribution in [0.15, 0.2) is 36.4 Å². The van der Waals surface area contributed by atoms with Crippen LogP contribution in [-0.2, 0) is 4.79 Å². The molecule has 5 nitrogen and oxygen atoms in total. The van der Waals surface area contributed by atoms with Crippen LogP contribution < -0.4 is 15.4 Å². The molecule has 0 aliphatic heterocycles. The van der Waals surface area contributed by atoms with Gasteiger partial charge in [0.25, 0.3) is 11.8 Å². The minimum absolute atomic E-state index is 0.0589. The van der Waals surface area contributed by atoms with Gasteiger partial charge in [0, 0.05) is 19.2 Å². The fourth-order valence-corrected chi connectivity index (χ4v) is 2.52. The molecule has 2 aromatic carbocycles. The zero-order valence-electron chi connectivity index (χ0n) is 13.3. The van der Waals surface area contributed by atoms with Crippen LogP contribution in [0, 0.1) is 5.82 Å². The Kier molecular flexibility index (Phi) is 7.50. The first-order chi connectivity index (χ1) is 12.4. The second-order valence-corrected chi connectivity index (χ2v) is 6.29. The van der Waals surface area contributed by atoms with Gasteiger partial charge in [-0.15, -0.1) is 0 Å². The van der Waals surface area contributed by atoms with Crippen molar-refractivity contribution < 1.29 is 18.7 Å². The summed E-state index contributed by atoms with van der Waals surface area (Å²) >= 11 is 17.6. The van der Waals surface area contributed by atoms with E-state index in [1.54, 1.807) is 6.07 Å². The molecule has 2 amide bonds. The van der Waals surface area contributed by atoms with E-state index in [1.165, 1.54) is 30.3 Å². The molecule has 2 N–H and O–H groups in total. The number of carbonyl (C=O) groups is 2. The van der Waals surface area contributed by atoms with E-state index in [4.69, 9.17) is 39.5 Å². The van der Waals surface area contributed by atoms with Crippen LogP contribution in [0.2, 0.25) is 15.1 Å². The molecular weight excluding hydrogens is 406 g/mol. The van der Waals surface area contributed by atoms with Crippen molar-refractivity contribution in [2.75, 3.05) is 19.7 Å². The van der Waals surface area contributed by atoms with Gasteiger partial charge in [-0.05, 0) is 18.2 Å². The fraction of sp³-hybridized carbons (Fsp3) is 0.176. The topological polar surface area (TPSA) is 67.4 Å². The molecule has 0 aromatic heterocycles. The van der Waals surface area contributed by atoms with E-state index < -0.39 is 17.6 Å². The molecule has 0 spiro atoms. The summed E-state index contributed by atoms with van der Waals surface area (Å²) in [6, 6.07) is 8.45. The molecular formula is C17H14Cl3FN2O3. The molecule has 0 unspecified atom stereocenters. The first kappa shape index (κ1) is 20.3. The minimum atomic E-state index is -0.610. The minimum Gasteiger partial charge on any atom is -0.482 e. The quantitative estimate of drug-likeness (QED) is 0.531. The van der Waals surface area contributed by atoms with Gasteiger partial charge >= 0.3 is 0 Å². The number of ether oxygens (including phenoxy) is 1. The number of halogens is 4. The maximum absolute atomic E-state index is 13.4. The smallest absolute Gasteiger partial charge is 0.258 e. The first-order valence-corrected chi connectivity index (χ1v) is 8.58. The van der Waals surface area contributed by atoms with Gasteiger partial charge in [-0.25, -0.2) is 4.39 Å². The predicted molar refractivity (Wildman–Crippen MR) is 98.7 cm³/mol. The highest BCUT2D eigenvalue weighted by atomic mass is 35.5. The van der Waals surface area contributed by atoms with Gasteiger partial charge in [-0.3, -0.25) is 9.59 Å². The van der Waals surface area contributed by atoms with Crippen LogP contribution in [0.25, 0.3) is 0 Å². The third-order valence-corrected chi connectivity index (χ3v) is 4.20. The summed E-state index contributed by atoms with van der Waals surface area (Å²) in [5.74, 6) is -1.37. The van der Waals surface area contributed by atoms with Crippen molar-refractivity contribution in [3.63, 3.8) is 0 Å². The molecule has 0 aliphatic carbocycles. The van der Waals surface area contributed by atoms with Crippen LogP contribution in [-0.4, -0.2) is 31.5 Å². The van der Waals surface area contributed by atoms with Gasteiger partial charge in [0.2, 0.25) is 0 Å². The molecule has 0 aliphatic rings. The molecule has 26 heavy (non-hydrogen) atoms. The Morgan fingerprint density at radius 1 is 0.962 bits per heavy atom. The summed E-state index contributed by atoms with van der Waals surface area (Å²) in [5.41, 5.74) is -0.0589. The summed E-state index contributed by atoms with van der Waals surface area (Å²) in [6.45, 7) is -0.0110. The van der Waals surface area contributed by atoms with Crippen molar-refractivity contribution in [1.82, 2.24) is 10.6 Å². The predicted octanol–water partition coefficient (Wildman–Crippen LogP) is 3.71. The second kappa shape index (κ2) is 9.62. The average molecular weight is 420 g/mol. The van der Waals surface area contributed by atoms with Gasteiger partial charge in [0.1, 0.15) is 11.6 Å². The lowest BCUT2D eigenvalue weighted by molar-refractivity contribution is -0.123. The van der Waals surface area contributed by atoms with Crippen LogP contribution >= 0.6 is 34.8 Å². The number of amides is 2. The SMILES string of the molecule is O=C(COc1cc(Cl)c(Cl)cc1Cl)NCCNC(=O)c1ccccc1F. The number of hydrogen-bond acceptors (Lipinski definition) is 3. The molecule has 0 atom stereocenters. The molecule has 0 bridgehead atoms. The lowest BCUT2D eigenvalue weighted by Gasteiger charge is -2.10. The van der Waals surface area contributed by atoms with Crippen LogP contribution in [0.3, 0.4) is 0 Å². The standard InChI is InChI=1S/C17H14Cl3FN2O3/c18-11-7-13(20)15(8-12(11)19)26-9-16(24)22-5-6-23-17(25)10-3-1-2-4-14(10)21/h1-4,7-8H,5-6,9H2,(H,22,24)(H,23,25). The van der Waals surface area contributed by atoms with Crippen molar-refractivity contribution in [2.45, 2.75) is 0 Å². The van der Waals surface area contributed by atoms with E-state index in [1.807, 2.05) is 0 Å². The van der Waals surface area contributed by atoms with Crippen LogP contribution in [0.1, 0.15) is 10.4 Å². The summed E-state index contributed by atoms with van der Waals surface area (Å²) in [4.78, 5) is 23.5. The van der Waals surface area contributed by atoms with Crippen molar-refractivity contribution in [2.24, 2.45) is 0 Å². The van der Waals surface area contributed by atoms with E-state index in [2.05, 4.69) is 10.6 Å². The second-order valence-electron chi connectivity index (χ2n) is 5.07. The maximum atomic E-state index is 13.4. The molecule has 0 radical (unpaired) electrons. The number of benzene rings is 2. The third kappa shape index (κ3) is 5.76. The van der Waals surface area contributed by atoms with Crippen molar-refractivity contribution >= 4 is 46.6 Å². The van der Waals surface area contributed by atoms with Gasteiger partial charge in [-0.1, -0.05) is 46.9 Å². The van der Waals surface area contributed by atoms with E-state index >= 15 is 0 Å². The maximum Gasteiger partial charge on any atom is 0.258 e. The molecule has 0 saturated heterocycles. The summed E-state index contributed by atoms with van der Waals surface area (Å²) in [5, 5.41) is 5.80. The molecule has 138 valence electrons. The normalized spacial score (nSPS) is 10.3. The monoisotopic (exact) mass is 418 g/mol. The summed E-state index contributed by atoms with van der Waals surface area (Å²) in [7, 11) is 0. The summed E-state index contributed by atoms with van der Waals surface area (Å²) in [6.07, 6.45) is 0. The Morgan fingerprint density at radius 2 is 1.62 bits per heavy atom.